The van der Waals surface area contributed by atoms with Gasteiger partial charge < -0.3 is 13.9 Å². The van der Waals surface area contributed by atoms with Crippen LogP contribution in [-0.2, 0) is 11.2 Å². The first-order valence-corrected chi connectivity index (χ1v) is 8.36. The zero-order valence-electron chi connectivity index (χ0n) is 14.6. The van der Waals surface area contributed by atoms with E-state index in [1.54, 1.807) is 18.4 Å². The van der Waals surface area contributed by atoms with Gasteiger partial charge in [0.25, 0.3) is 0 Å². The number of furan rings is 1. The van der Waals surface area contributed by atoms with Crippen LogP contribution in [0.25, 0.3) is 21.7 Å². The van der Waals surface area contributed by atoms with Gasteiger partial charge in [-0.15, -0.1) is 0 Å². The number of carbonyl (C=O) groups excluding carboxylic acids is 1. The quantitative estimate of drug-likeness (QED) is 0.394. The summed E-state index contributed by atoms with van der Waals surface area (Å²) in [6.07, 6.45) is 1.65. The summed E-state index contributed by atoms with van der Waals surface area (Å²) in [5, 5.41) is 12.0. The molecule has 0 amide bonds. The van der Waals surface area contributed by atoms with Gasteiger partial charge in [-0.2, -0.15) is 5.26 Å². The number of rotatable bonds is 4. The zero-order valence-corrected chi connectivity index (χ0v) is 14.6. The largest absolute Gasteiger partial charge is 0.493 e. The number of methoxy groups -OCH3 is 1. The van der Waals surface area contributed by atoms with Crippen molar-refractivity contribution in [3.05, 3.63) is 72.0 Å². The average molecular weight is 357 g/mol. The van der Waals surface area contributed by atoms with Crippen molar-refractivity contribution in [3.8, 4) is 17.6 Å². The number of ether oxygens (including phenoxy) is 2. The Labute approximate surface area is 155 Å². The molecule has 5 nitrogen and oxygen atoms in total. The smallest absolute Gasteiger partial charge is 0.315 e. The molecular formula is C22H15NO4. The molecule has 5 heteroatoms. The van der Waals surface area contributed by atoms with E-state index in [4.69, 9.17) is 19.2 Å². The van der Waals surface area contributed by atoms with E-state index in [1.807, 2.05) is 42.5 Å². The second kappa shape index (κ2) is 6.85. The maximum absolute atomic E-state index is 12.5. The second-order valence-electron chi connectivity index (χ2n) is 6.05. The Morgan fingerprint density at radius 1 is 1.11 bits per heavy atom. The van der Waals surface area contributed by atoms with Crippen LogP contribution >= 0.6 is 0 Å². The Hall–Kier alpha value is -3.78. The molecule has 0 unspecified atom stereocenters. The van der Waals surface area contributed by atoms with Gasteiger partial charge in [0.1, 0.15) is 5.58 Å². The molecule has 1 aromatic heterocycles. The molecule has 0 saturated carbocycles. The predicted octanol–water partition coefficient (Wildman–Crippen LogP) is 4.61. The van der Waals surface area contributed by atoms with Crippen LogP contribution in [0.1, 0.15) is 11.1 Å². The van der Waals surface area contributed by atoms with Crippen molar-refractivity contribution in [1.82, 2.24) is 0 Å². The van der Waals surface area contributed by atoms with Crippen molar-refractivity contribution in [3.63, 3.8) is 0 Å². The third kappa shape index (κ3) is 3.09. The van der Waals surface area contributed by atoms with Gasteiger partial charge in [-0.3, -0.25) is 4.79 Å². The summed E-state index contributed by atoms with van der Waals surface area (Å²) in [5.74, 6) is 0.178. The first kappa shape index (κ1) is 16.7. The Morgan fingerprint density at radius 2 is 1.96 bits per heavy atom. The molecule has 0 N–H and O–H groups in total. The zero-order chi connectivity index (χ0) is 18.8. The summed E-state index contributed by atoms with van der Waals surface area (Å²) in [7, 11) is 1.46. The fourth-order valence-electron chi connectivity index (χ4n) is 3.14. The van der Waals surface area contributed by atoms with Crippen LogP contribution in [0, 0.1) is 11.3 Å². The number of esters is 1. The second-order valence-corrected chi connectivity index (χ2v) is 6.05. The Morgan fingerprint density at radius 3 is 2.78 bits per heavy atom. The van der Waals surface area contributed by atoms with E-state index in [0.29, 0.717) is 11.3 Å². The Kier molecular flexibility index (Phi) is 4.23. The SMILES string of the molecule is COc1cc(C#N)ccc1OC(=O)Cc1coc2ccc3ccccc3c12. The molecule has 0 saturated heterocycles. The molecule has 0 aliphatic heterocycles. The van der Waals surface area contributed by atoms with Gasteiger partial charge in [-0.1, -0.05) is 30.3 Å². The van der Waals surface area contributed by atoms with Crippen molar-refractivity contribution in [2.45, 2.75) is 6.42 Å². The molecule has 3 aromatic carbocycles. The molecule has 0 radical (unpaired) electrons. The monoisotopic (exact) mass is 357 g/mol. The van der Waals surface area contributed by atoms with Crippen molar-refractivity contribution in [2.24, 2.45) is 0 Å². The summed E-state index contributed by atoms with van der Waals surface area (Å²) in [6, 6.07) is 18.5. The van der Waals surface area contributed by atoms with Gasteiger partial charge in [0.2, 0.25) is 0 Å². The first-order valence-electron chi connectivity index (χ1n) is 8.36. The van der Waals surface area contributed by atoms with Crippen LogP contribution < -0.4 is 9.47 Å². The van der Waals surface area contributed by atoms with Gasteiger partial charge in [-0.05, 0) is 29.0 Å². The van der Waals surface area contributed by atoms with E-state index < -0.39 is 5.97 Å². The van der Waals surface area contributed by atoms with Crippen molar-refractivity contribution in [2.75, 3.05) is 7.11 Å². The standard InChI is InChI=1S/C22H15NO4/c1-25-20-10-14(12-23)6-8-18(20)27-21(24)11-16-13-26-19-9-7-15-4-2-3-5-17(15)22(16)19/h2-10,13H,11H2,1H3. The van der Waals surface area contributed by atoms with Crippen LogP contribution in [0.15, 0.2) is 65.3 Å². The number of hydrogen-bond donors (Lipinski definition) is 0. The van der Waals surface area contributed by atoms with Crippen molar-refractivity contribution < 1.29 is 18.7 Å². The number of nitrogens with zero attached hydrogens (tertiary/aromatic N) is 1. The molecule has 0 spiro atoms. The molecule has 0 aliphatic carbocycles. The van der Waals surface area contributed by atoms with Crippen LogP contribution in [0.5, 0.6) is 11.5 Å². The molecule has 0 bridgehead atoms. The third-order valence-corrected chi connectivity index (χ3v) is 4.39. The number of nitriles is 1. The number of carbonyl (C=O) groups is 1. The van der Waals surface area contributed by atoms with Gasteiger partial charge >= 0.3 is 5.97 Å². The van der Waals surface area contributed by atoms with E-state index in [0.717, 1.165) is 27.3 Å². The van der Waals surface area contributed by atoms with Gasteiger partial charge in [-0.25, -0.2) is 0 Å². The molecule has 27 heavy (non-hydrogen) atoms. The van der Waals surface area contributed by atoms with Gasteiger partial charge in [0.05, 0.1) is 31.4 Å². The maximum Gasteiger partial charge on any atom is 0.315 e. The molecule has 0 aliphatic rings. The highest BCUT2D eigenvalue weighted by molar-refractivity contribution is 6.08. The third-order valence-electron chi connectivity index (χ3n) is 4.39. The van der Waals surface area contributed by atoms with Crippen molar-refractivity contribution >= 4 is 27.7 Å². The van der Waals surface area contributed by atoms with Crippen LogP contribution in [-0.4, -0.2) is 13.1 Å². The van der Waals surface area contributed by atoms with Crippen LogP contribution in [0.2, 0.25) is 0 Å². The molecule has 132 valence electrons. The summed E-state index contributed by atoms with van der Waals surface area (Å²) >= 11 is 0. The van der Waals surface area contributed by atoms with Crippen molar-refractivity contribution in [1.29, 1.82) is 5.26 Å². The Bertz CT molecular complexity index is 1200. The number of hydrogen-bond acceptors (Lipinski definition) is 5. The molecule has 0 atom stereocenters. The normalized spacial score (nSPS) is 10.7. The summed E-state index contributed by atoms with van der Waals surface area (Å²) < 4.78 is 16.3. The highest BCUT2D eigenvalue weighted by Gasteiger charge is 2.16. The Balaban J connectivity index is 1.64. The molecule has 1 heterocycles. The van der Waals surface area contributed by atoms with E-state index in [9.17, 15) is 4.79 Å². The summed E-state index contributed by atoms with van der Waals surface area (Å²) in [4.78, 5) is 12.5. The van der Waals surface area contributed by atoms with E-state index >= 15 is 0 Å². The minimum absolute atomic E-state index is 0.0597. The highest BCUT2D eigenvalue weighted by atomic mass is 16.6. The lowest BCUT2D eigenvalue weighted by atomic mass is 10.0. The molecular weight excluding hydrogens is 342 g/mol. The molecule has 0 fully saturated rings. The van der Waals surface area contributed by atoms with Crippen LogP contribution in [0.4, 0.5) is 0 Å². The lowest BCUT2D eigenvalue weighted by molar-refractivity contribution is -0.133. The summed E-state index contributed by atoms with van der Waals surface area (Å²) in [6.45, 7) is 0. The lowest BCUT2D eigenvalue weighted by Crippen LogP contribution is -2.11. The first-order chi connectivity index (χ1) is 13.2. The van der Waals surface area contributed by atoms with Gasteiger partial charge in [0.15, 0.2) is 11.5 Å². The molecule has 4 rings (SSSR count). The number of benzene rings is 3. The predicted molar refractivity (Wildman–Crippen MR) is 101 cm³/mol. The summed E-state index contributed by atoms with van der Waals surface area (Å²) in [5.41, 5.74) is 1.92. The highest BCUT2D eigenvalue weighted by Crippen LogP contribution is 2.31. The van der Waals surface area contributed by atoms with Crippen LogP contribution in [0.3, 0.4) is 0 Å². The van der Waals surface area contributed by atoms with E-state index in [-0.39, 0.29) is 12.2 Å². The fraction of sp³-hybridized carbons (Fsp3) is 0.0909. The lowest BCUT2D eigenvalue weighted by Gasteiger charge is -2.09. The molecule has 4 aromatic rings. The topological polar surface area (TPSA) is 72.5 Å². The van der Waals surface area contributed by atoms with Gasteiger partial charge in [0, 0.05) is 17.0 Å². The minimum Gasteiger partial charge on any atom is -0.493 e. The number of fused-ring (bicyclic) bond motifs is 3. The van der Waals surface area contributed by atoms with E-state index in [1.165, 1.54) is 13.2 Å². The minimum atomic E-state index is -0.436. The maximum atomic E-state index is 12.5. The fourth-order valence-corrected chi connectivity index (χ4v) is 3.14. The van der Waals surface area contributed by atoms with E-state index in [2.05, 4.69) is 0 Å². The average Bonchev–Trinajstić information content (AvgIpc) is 3.11.